The minimum Gasteiger partial charge on any atom is -0.494 e. The first-order valence-corrected chi connectivity index (χ1v) is 12.3. The zero-order valence-corrected chi connectivity index (χ0v) is 21.0. The predicted molar refractivity (Wildman–Crippen MR) is 144 cm³/mol. The molecule has 5 heteroatoms. The van der Waals surface area contributed by atoms with Gasteiger partial charge >= 0.3 is 0 Å². The molecule has 0 aliphatic heterocycles. The minimum absolute atomic E-state index is 0.141. The van der Waals surface area contributed by atoms with Crippen LogP contribution in [0.25, 0.3) is 22.2 Å². The Morgan fingerprint density at radius 2 is 1.67 bits per heavy atom. The summed E-state index contributed by atoms with van der Waals surface area (Å²) in [4.78, 5) is 22.7. The van der Waals surface area contributed by atoms with Gasteiger partial charge in [-0.3, -0.25) is 4.79 Å². The van der Waals surface area contributed by atoms with Gasteiger partial charge in [-0.05, 0) is 60.4 Å². The largest absolute Gasteiger partial charge is 0.494 e. The predicted octanol–water partition coefficient (Wildman–Crippen LogP) is 6.84. The van der Waals surface area contributed by atoms with Crippen molar-refractivity contribution in [3.63, 3.8) is 0 Å². The van der Waals surface area contributed by atoms with Gasteiger partial charge in [0.2, 0.25) is 11.6 Å². The number of nitrogens with zero attached hydrogens (tertiary/aromatic N) is 2. The summed E-state index contributed by atoms with van der Waals surface area (Å²) in [5, 5.41) is 0.790. The number of terminal acetylenes is 1. The summed E-state index contributed by atoms with van der Waals surface area (Å²) in [5.41, 5.74) is 3.96. The molecule has 0 fully saturated rings. The van der Waals surface area contributed by atoms with Gasteiger partial charge in [0.1, 0.15) is 18.1 Å². The molecular formula is C31H30N2O3. The number of carbonyl (C=O) groups excluding carboxylic acids is 1. The van der Waals surface area contributed by atoms with Gasteiger partial charge in [0, 0.05) is 16.5 Å². The second-order valence-corrected chi connectivity index (χ2v) is 8.90. The van der Waals surface area contributed by atoms with E-state index in [4.69, 9.17) is 20.9 Å². The molecule has 0 atom stereocenters. The van der Waals surface area contributed by atoms with Crippen molar-refractivity contribution < 1.29 is 14.3 Å². The fourth-order valence-corrected chi connectivity index (χ4v) is 3.84. The van der Waals surface area contributed by atoms with E-state index in [0.29, 0.717) is 35.0 Å². The molecule has 4 aromatic rings. The van der Waals surface area contributed by atoms with Crippen molar-refractivity contribution in [1.82, 2.24) is 9.97 Å². The number of aromatic nitrogens is 2. The summed E-state index contributed by atoms with van der Waals surface area (Å²) in [6.45, 7) is 7.25. The van der Waals surface area contributed by atoms with E-state index < -0.39 is 0 Å². The Morgan fingerprint density at radius 1 is 0.944 bits per heavy atom. The van der Waals surface area contributed by atoms with Crippen molar-refractivity contribution in [2.24, 2.45) is 0 Å². The lowest BCUT2D eigenvalue weighted by atomic mass is 9.99. The van der Waals surface area contributed by atoms with E-state index in [2.05, 4.69) is 43.8 Å². The molecule has 0 N–H and O–H groups in total. The lowest BCUT2D eigenvalue weighted by Gasteiger charge is -2.12. The maximum Gasteiger partial charge on any atom is 0.230 e. The van der Waals surface area contributed by atoms with Crippen LogP contribution in [0, 0.1) is 12.3 Å². The molecule has 0 amide bonds. The Bertz CT molecular complexity index is 1380. The number of rotatable bonds is 10. The van der Waals surface area contributed by atoms with Crippen molar-refractivity contribution >= 4 is 16.7 Å². The number of fused-ring (bicyclic) bond motifs is 1. The molecule has 5 nitrogen and oxygen atoms in total. The van der Waals surface area contributed by atoms with Crippen LogP contribution in [0.3, 0.4) is 0 Å². The molecular weight excluding hydrogens is 448 g/mol. The molecule has 182 valence electrons. The van der Waals surface area contributed by atoms with Gasteiger partial charge < -0.3 is 9.47 Å². The fourth-order valence-electron chi connectivity index (χ4n) is 3.84. The van der Waals surface area contributed by atoms with Crippen LogP contribution in [0.1, 0.15) is 61.3 Å². The molecule has 3 aromatic carbocycles. The first kappa shape index (κ1) is 24.9. The Hall–Kier alpha value is -4.17. The molecule has 36 heavy (non-hydrogen) atoms. The summed E-state index contributed by atoms with van der Waals surface area (Å²) >= 11 is 0. The number of ketones is 1. The molecule has 0 aliphatic carbocycles. The third-order valence-electron chi connectivity index (χ3n) is 5.93. The Balaban J connectivity index is 1.74. The van der Waals surface area contributed by atoms with E-state index in [1.165, 1.54) is 5.56 Å². The zero-order valence-electron chi connectivity index (χ0n) is 21.0. The number of hydrogen-bond donors (Lipinski definition) is 0. The third kappa shape index (κ3) is 5.72. The number of carbonyl (C=O) groups is 1. The first-order chi connectivity index (χ1) is 17.5. The average Bonchev–Trinajstić information content (AvgIpc) is 2.91. The number of unbranched alkanes of at least 4 members (excludes halogenated alkanes) is 1. The van der Waals surface area contributed by atoms with Gasteiger partial charge in [0.25, 0.3) is 0 Å². The standard InChI is InChI=1S/C31H30N2O3/c1-5-7-19-36-25-14-12-24(13-15-25)30(34)31-32-28-17-16-26(35-18-6-2)20-27(28)29(33-31)23-10-8-22(9-11-23)21(3)4/h2,8-17,20-21H,5,7,18-19H2,1,3-4H3. The SMILES string of the molecule is C#CCOc1ccc2nc(C(=O)c3ccc(OCCCC)cc3)nc(-c3ccc(C(C)C)cc3)c2c1. The van der Waals surface area contributed by atoms with Crippen LogP contribution in [0.15, 0.2) is 66.7 Å². The highest BCUT2D eigenvalue weighted by atomic mass is 16.5. The molecule has 0 saturated carbocycles. The smallest absolute Gasteiger partial charge is 0.230 e. The van der Waals surface area contributed by atoms with Crippen LogP contribution < -0.4 is 9.47 Å². The van der Waals surface area contributed by atoms with Crippen molar-refractivity contribution in [3.8, 4) is 35.1 Å². The first-order valence-electron chi connectivity index (χ1n) is 12.3. The van der Waals surface area contributed by atoms with Crippen LogP contribution in [-0.2, 0) is 0 Å². The van der Waals surface area contributed by atoms with Gasteiger partial charge in [-0.15, -0.1) is 6.42 Å². The van der Waals surface area contributed by atoms with E-state index in [1.807, 2.05) is 36.4 Å². The molecule has 0 unspecified atom stereocenters. The topological polar surface area (TPSA) is 61.3 Å². The molecule has 0 saturated heterocycles. The minimum atomic E-state index is -0.246. The van der Waals surface area contributed by atoms with Gasteiger partial charge in [-0.1, -0.05) is 57.4 Å². The number of hydrogen-bond acceptors (Lipinski definition) is 5. The maximum absolute atomic E-state index is 13.4. The molecule has 0 aliphatic rings. The van der Waals surface area contributed by atoms with E-state index in [0.717, 1.165) is 29.5 Å². The van der Waals surface area contributed by atoms with E-state index in [-0.39, 0.29) is 18.2 Å². The van der Waals surface area contributed by atoms with Gasteiger partial charge in [0.15, 0.2) is 0 Å². The third-order valence-corrected chi connectivity index (χ3v) is 5.93. The lowest BCUT2D eigenvalue weighted by molar-refractivity contribution is 0.103. The number of ether oxygens (including phenoxy) is 2. The van der Waals surface area contributed by atoms with Crippen LogP contribution in [0.2, 0.25) is 0 Å². The highest BCUT2D eigenvalue weighted by molar-refractivity contribution is 6.08. The lowest BCUT2D eigenvalue weighted by Crippen LogP contribution is -2.09. The summed E-state index contributed by atoms with van der Waals surface area (Å²) in [6, 6.07) is 20.9. The maximum atomic E-state index is 13.4. The highest BCUT2D eigenvalue weighted by Crippen LogP contribution is 2.31. The summed E-state index contributed by atoms with van der Waals surface area (Å²) in [6.07, 6.45) is 7.40. The molecule has 0 radical (unpaired) electrons. The summed E-state index contributed by atoms with van der Waals surface area (Å²) in [5.74, 6) is 4.16. The van der Waals surface area contributed by atoms with Gasteiger partial charge in [0.05, 0.1) is 17.8 Å². The van der Waals surface area contributed by atoms with Crippen LogP contribution in [0.5, 0.6) is 11.5 Å². The highest BCUT2D eigenvalue weighted by Gasteiger charge is 2.18. The zero-order chi connectivity index (χ0) is 25.5. The van der Waals surface area contributed by atoms with Gasteiger partial charge in [-0.2, -0.15) is 0 Å². The van der Waals surface area contributed by atoms with E-state index in [1.54, 1.807) is 18.2 Å². The Labute approximate surface area is 212 Å². The van der Waals surface area contributed by atoms with Crippen molar-refractivity contribution in [1.29, 1.82) is 0 Å². The fraction of sp³-hybridized carbons (Fsp3) is 0.258. The van der Waals surface area contributed by atoms with Crippen molar-refractivity contribution in [2.75, 3.05) is 13.2 Å². The normalized spacial score (nSPS) is 10.9. The van der Waals surface area contributed by atoms with Crippen LogP contribution in [0.4, 0.5) is 0 Å². The van der Waals surface area contributed by atoms with E-state index >= 15 is 0 Å². The molecule has 0 bridgehead atoms. The summed E-state index contributed by atoms with van der Waals surface area (Å²) in [7, 11) is 0. The van der Waals surface area contributed by atoms with Crippen LogP contribution >= 0.6 is 0 Å². The average molecular weight is 479 g/mol. The quantitative estimate of drug-likeness (QED) is 0.142. The molecule has 1 aromatic heterocycles. The van der Waals surface area contributed by atoms with Crippen molar-refractivity contribution in [2.45, 2.75) is 39.5 Å². The molecule has 4 rings (SSSR count). The van der Waals surface area contributed by atoms with Crippen molar-refractivity contribution in [3.05, 3.63) is 83.7 Å². The second-order valence-electron chi connectivity index (χ2n) is 8.90. The van der Waals surface area contributed by atoms with Crippen LogP contribution in [-0.4, -0.2) is 29.0 Å². The molecule has 1 heterocycles. The van der Waals surface area contributed by atoms with E-state index in [9.17, 15) is 4.79 Å². The monoisotopic (exact) mass is 478 g/mol. The summed E-state index contributed by atoms with van der Waals surface area (Å²) < 4.78 is 11.3. The number of benzene rings is 3. The second kappa shape index (κ2) is 11.5. The Kier molecular flexibility index (Phi) is 7.97. The molecule has 0 spiro atoms. The van der Waals surface area contributed by atoms with Gasteiger partial charge in [-0.25, -0.2) is 9.97 Å². The Morgan fingerprint density at radius 3 is 2.33 bits per heavy atom.